The van der Waals surface area contributed by atoms with Gasteiger partial charge < -0.3 is 5.11 Å². The number of Topliss-reactive ketones (excluding diaryl/α,β-unsaturated/α-hetero) is 2. The summed E-state index contributed by atoms with van der Waals surface area (Å²) >= 11 is 0. The summed E-state index contributed by atoms with van der Waals surface area (Å²) in [6.45, 7) is 6.90. The van der Waals surface area contributed by atoms with E-state index in [1.165, 1.54) is 6.42 Å². The standard InChI is InChI=1S/C24H36O4/c1-14(4-7-21(27)28)19-13-20(26)22-17-6-5-15-12-16(25)8-10-23(15,2)18(17)9-11-24(19,22)3/h14-15,17-19,22H,4-13H2,1-3H3,(H,27,28)/t14-,15-,17-,18+,19-,22-,23+,24-/m1/s1. The second kappa shape index (κ2) is 6.95. The Morgan fingerprint density at radius 3 is 2.57 bits per heavy atom. The van der Waals surface area contributed by atoms with E-state index < -0.39 is 5.97 Å². The fourth-order valence-corrected chi connectivity index (χ4v) is 8.28. The molecule has 0 radical (unpaired) electrons. The zero-order valence-electron chi connectivity index (χ0n) is 17.7. The Hall–Kier alpha value is -1.19. The molecule has 0 unspecified atom stereocenters. The molecule has 4 heteroatoms. The highest BCUT2D eigenvalue weighted by Crippen LogP contribution is 2.67. The molecule has 0 heterocycles. The van der Waals surface area contributed by atoms with E-state index in [-0.39, 0.29) is 29.1 Å². The Morgan fingerprint density at radius 1 is 1.11 bits per heavy atom. The molecule has 0 aromatic heterocycles. The fraction of sp³-hybridized carbons (Fsp3) is 0.875. The molecule has 4 saturated carbocycles. The van der Waals surface area contributed by atoms with Crippen molar-refractivity contribution in [2.75, 3.05) is 0 Å². The quantitative estimate of drug-likeness (QED) is 0.744. The summed E-state index contributed by atoms with van der Waals surface area (Å²) in [7, 11) is 0. The number of hydrogen-bond donors (Lipinski definition) is 1. The molecule has 4 aliphatic carbocycles. The minimum absolute atomic E-state index is 0.0316. The average Bonchev–Trinajstić information content (AvgIpc) is 2.91. The maximum absolute atomic E-state index is 13.3. The van der Waals surface area contributed by atoms with Gasteiger partial charge in [-0.1, -0.05) is 20.8 Å². The van der Waals surface area contributed by atoms with E-state index in [1.807, 2.05) is 0 Å². The van der Waals surface area contributed by atoms with Crippen LogP contribution in [0.25, 0.3) is 0 Å². The molecule has 156 valence electrons. The first-order chi connectivity index (χ1) is 13.2. The van der Waals surface area contributed by atoms with E-state index in [2.05, 4.69) is 20.8 Å². The molecule has 4 fully saturated rings. The summed E-state index contributed by atoms with van der Waals surface area (Å²) in [5.41, 5.74) is 0.259. The van der Waals surface area contributed by atoms with Gasteiger partial charge in [-0.05, 0) is 78.9 Å². The topological polar surface area (TPSA) is 71.4 Å². The molecule has 0 aliphatic heterocycles. The van der Waals surface area contributed by atoms with Crippen molar-refractivity contribution in [3.63, 3.8) is 0 Å². The van der Waals surface area contributed by atoms with E-state index in [0.717, 1.165) is 38.5 Å². The van der Waals surface area contributed by atoms with Crippen molar-refractivity contribution in [2.24, 2.45) is 46.3 Å². The molecule has 4 nitrogen and oxygen atoms in total. The van der Waals surface area contributed by atoms with Crippen LogP contribution in [0.3, 0.4) is 0 Å². The van der Waals surface area contributed by atoms with Gasteiger partial charge in [-0.15, -0.1) is 0 Å². The highest BCUT2D eigenvalue weighted by molar-refractivity contribution is 5.85. The number of carbonyl (C=O) groups is 3. The van der Waals surface area contributed by atoms with Crippen LogP contribution in [0.2, 0.25) is 0 Å². The number of carboxylic acid groups (broad SMARTS) is 1. The Kier molecular flexibility index (Phi) is 4.99. The van der Waals surface area contributed by atoms with Gasteiger partial charge in [-0.25, -0.2) is 0 Å². The average molecular weight is 389 g/mol. The zero-order chi connectivity index (χ0) is 20.3. The lowest BCUT2D eigenvalue weighted by Crippen LogP contribution is -2.54. The Balaban J connectivity index is 1.57. The van der Waals surface area contributed by atoms with Gasteiger partial charge in [0.25, 0.3) is 0 Å². The van der Waals surface area contributed by atoms with Crippen molar-refractivity contribution in [1.82, 2.24) is 0 Å². The van der Waals surface area contributed by atoms with Gasteiger partial charge in [0.2, 0.25) is 0 Å². The van der Waals surface area contributed by atoms with Gasteiger partial charge in [0, 0.05) is 31.6 Å². The van der Waals surface area contributed by atoms with Crippen LogP contribution in [0, 0.1) is 46.3 Å². The first-order valence-corrected chi connectivity index (χ1v) is 11.4. The first kappa shape index (κ1) is 20.1. The lowest BCUT2D eigenvalue weighted by atomic mass is 9.44. The number of rotatable bonds is 4. The largest absolute Gasteiger partial charge is 0.481 e. The molecule has 28 heavy (non-hydrogen) atoms. The third kappa shape index (κ3) is 2.97. The number of carboxylic acids is 1. The third-order valence-corrected chi connectivity index (χ3v) is 9.81. The summed E-state index contributed by atoms with van der Waals surface area (Å²) in [4.78, 5) is 36.3. The van der Waals surface area contributed by atoms with Crippen LogP contribution in [0.4, 0.5) is 0 Å². The SMILES string of the molecule is C[C@H](CCC(=O)O)[C@H]1CC(=O)[C@H]2[C@@H]3CC[C@@H]4CC(=O)CC[C@]4(C)[C@H]3CC[C@]12C. The number of aliphatic carboxylic acids is 1. The molecule has 4 aliphatic rings. The summed E-state index contributed by atoms with van der Waals surface area (Å²) < 4.78 is 0. The number of fused-ring (bicyclic) bond motifs is 5. The van der Waals surface area contributed by atoms with Gasteiger partial charge in [-0.2, -0.15) is 0 Å². The van der Waals surface area contributed by atoms with E-state index in [0.29, 0.717) is 48.1 Å². The normalized spacial score (nSPS) is 46.5. The van der Waals surface area contributed by atoms with Crippen molar-refractivity contribution in [1.29, 1.82) is 0 Å². The second-order valence-electron chi connectivity index (χ2n) is 11.0. The molecular weight excluding hydrogens is 352 g/mol. The second-order valence-corrected chi connectivity index (χ2v) is 11.0. The molecule has 0 bridgehead atoms. The Labute approximate surface area is 168 Å². The monoisotopic (exact) mass is 388 g/mol. The molecule has 0 aromatic rings. The van der Waals surface area contributed by atoms with Crippen molar-refractivity contribution >= 4 is 17.5 Å². The third-order valence-electron chi connectivity index (χ3n) is 9.81. The summed E-state index contributed by atoms with van der Waals surface area (Å²) in [6.07, 6.45) is 8.46. The van der Waals surface area contributed by atoms with E-state index in [9.17, 15) is 14.4 Å². The summed E-state index contributed by atoms with van der Waals surface area (Å²) in [5, 5.41) is 9.07. The molecule has 8 atom stereocenters. The minimum atomic E-state index is -0.736. The van der Waals surface area contributed by atoms with Gasteiger partial charge in [0.15, 0.2) is 0 Å². The van der Waals surface area contributed by atoms with Gasteiger partial charge in [0.1, 0.15) is 11.6 Å². The van der Waals surface area contributed by atoms with Crippen molar-refractivity contribution < 1.29 is 19.5 Å². The number of carbonyl (C=O) groups excluding carboxylic acids is 2. The van der Waals surface area contributed by atoms with Crippen molar-refractivity contribution in [2.45, 2.75) is 85.0 Å². The van der Waals surface area contributed by atoms with Crippen LogP contribution in [0.5, 0.6) is 0 Å². The van der Waals surface area contributed by atoms with E-state index >= 15 is 0 Å². The maximum atomic E-state index is 13.3. The van der Waals surface area contributed by atoms with E-state index in [1.54, 1.807) is 0 Å². The summed E-state index contributed by atoms with van der Waals surface area (Å²) in [5.74, 6) is 2.46. The highest BCUT2D eigenvalue weighted by Gasteiger charge is 2.63. The number of hydrogen-bond acceptors (Lipinski definition) is 3. The molecule has 0 aromatic carbocycles. The lowest BCUT2D eigenvalue weighted by molar-refractivity contribution is -0.148. The Morgan fingerprint density at radius 2 is 1.86 bits per heavy atom. The molecule has 4 rings (SSSR count). The van der Waals surface area contributed by atoms with E-state index in [4.69, 9.17) is 5.11 Å². The minimum Gasteiger partial charge on any atom is -0.481 e. The molecular formula is C24H36O4. The zero-order valence-corrected chi connectivity index (χ0v) is 17.7. The van der Waals surface area contributed by atoms with Crippen LogP contribution >= 0.6 is 0 Å². The van der Waals surface area contributed by atoms with Crippen LogP contribution in [0.1, 0.15) is 85.0 Å². The van der Waals surface area contributed by atoms with Crippen LogP contribution in [-0.2, 0) is 14.4 Å². The highest BCUT2D eigenvalue weighted by atomic mass is 16.4. The van der Waals surface area contributed by atoms with Crippen LogP contribution in [0.15, 0.2) is 0 Å². The maximum Gasteiger partial charge on any atom is 0.303 e. The van der Waals surface area contributed by atoms with Crippen molar-refractivity contribution in [3.05, 3.63) is 0 Å². The van der Waals surface area contributed by atoms with Crippen LogP contribution < -0.4 is 0 Å². The predicted octanol–water partition coefficient (Wildman–Crippen LogP) is 4.89. The van der Waals surface area contributed by atoms with Gasteiger partial charge >= 0.3 is 5.97 Å². The van der Waals surface area contributed by atoms with Gasteiger partial charge in [0.05, 0.1) is 0 Å². The number of ketones is 2. The first-order valence-electron chi connectivity index (χ1n) is 11.4. The molecule has 1 N–H and O–H groups in total. The van der Waals surface area contributed by atoms with Crippen LogP contribution in [-0.4, -0.2) is 22.6 Å². The smallest absolute Gasteiger partial charge is 0.303 e. The van der Waals surface area contributed by atoms with Gasteiger partial charge in [-0.3, -0.25) is 14.4 Å². The van der Waals surface area contributed by atoms with Crippen molar-refractivity contribution in [3.8, 4) is 0 Å². The molecule has 0 spiro atoms. The summed E-state index contributed by atoms with van der Waals surface area (Å²) in [6, 6.07) is 0. The molecule has 0 saturated heterocycles. The molecule has 0 amide bonds. The predicted molar refractivity (Wildman–Crippen MR) is 107 cm³/mol. The fourth-order valence-electron chi connectivity index (χ4n) is 8.28. The lowest BCUT2D eigenvalue weighted by Gasteiger charge is -2.60. The Bertz CT molecular complexity index is 684.